The van der Waals surface area contributed by atoms with E-state index in [9.17, 15) is 9.59 Å². The van der Waals surface area contributed by atoms with Crippen LogP contribution >= 0.6 is 0 Å². The zero-order valence-corrected chi connectivity index (χ0v) is 18.4. The fourth-order valence-electron chi connectivity index (χ4n) is 6.83. The Bertz CT molecular complexity index is 783. The minimum atomic E-state index is -0.111. The molecule has 5 aliphatic rings. The van der Waals surface area contributed by atoms with Gasteiger partial charge in [0, 0.05) is 43.7 Å². The third-order valence-corrected chi connectivity index (χ3v) is 7.94. The Morgan fingerprint density at radius 2 is 1.71 bits per heavy atom. The standard InChI is InChI=1S/C25H35N3O3/c29-23(4-5-28-6-8-31-9-7-28)27-22-3-1-2-18(13-22)17-26-24(30)25-14-19-10-20(15-25)12-21(11-19)16-25/h1-3,13,19-21H,4-12,14-17H2,(H,26,30)(H,27,29). The average molecular weight is 426 g/mol. The topological polar surface area (TPSA) is 70.7 Å². The van der Waals surface area contributed by atoms with E-state index in [4.69, 9.17) is 4.74 Å². The molecule has 4 bridgehead atoms. The van der Waals surface area contributed by atoms with Crippen molar-refractivity contribution in [3.05, 3.63) is 29.8 Å². The maximum atomic E-state index is 13.2. The van der Waals surface area contributed by atoms with Crippen LogP contribution in [0.4, 0.5) is 5.69 Å². The maximum absolute atomic E-state index is 13.2. The second-order valence-corrected chi connectivity index (χ2v) is 10.3. The van der Waals surface area contributed by atoms with Gasteiger partial charge in [0.1, 0.15) is 0 Å². The molecule has 0 atom stereocenters. The van der Waals surface area contributed by atoms with Crippen LogP contribution in [-0.4, -0.2) is 49.6 Å². The third-order valence-electron chi connectivity index (χ3n) is 7.94. The van der Waals surface area contributed by atoms with Gasteiger partial charge < -0.3 is 15.4 Å². The highest BCUT2D eigenvalue weighted by Gasteiger charge is 2.54. The molecule has 6 nitrogen and oxygen atoms in total. The molecule has 6 rings (SSSR count). The first-order valence-corrected chi connectivity index (χ1v) is 12.1. The van der Waals surface area contributed by atoms with Crippen molar-refractivity contribution in [2.24, 2.45) is 23.2 Å². The molecular formula is C25H35N3O3. The fraction of sp³-hybridized carbons (Fsp3) is 0.680. The van der Waals surface area contributed by atoms with Crippen LogP contribution < -0.4 is 10.6 Å². The van der Waals surface area contributed by atoms with Crippen LogP contribution in [0.1, 0.15) is 50.5 Å². The second kappa shape index (κ2) is 8.91. The summed E-state index contributed by atoms with van der Waals surface area (Å²) in [4.78, 5) is 27.8. The van der Waals surface area contributed by atoms with E-state index >= 15 is 0 Å². The Morgan fingerprint density at radius 3 is 2.39 bits per heavy atom. The van der Waals surface area contributed by atoms with E-state index in [-0.39, 0.29) is 17.2 Å². The molecule has 0 unspecified atom stereocenters. The van der Waals surface area contributed by atoms with Crippen LogP contribution in [0.5, 0.6) is 0 Å². The summed E-state index contributed by atoms with van der Waals surface area (Å²) in [5, 5.41) is 6.24. The lowest BCUT2D eigenvalue weighted by atomic mass is 9.49. The van der Waals surface area contributed by atoms with Gasteiger partial charge in [0.2, 0.25) is 11.8 Å². The van der Waals surface area contributed by atoms with Crippen molar-refractivity contribution < 1.29 is 14.3 Å². The van der Waals surface area contributed by atoms with Gasteiger partial charge in [-0.3, -0.25) is 14.5 Å². The summed E-state index contributed by atoms with van der Waals surface area (Å²) in [6, 6.07) is 7.86. The van der Waals surface area contributed by atoms with Gasteiger partial charge in [-0.15, -0.1) is 0 Å². The number of benzene rings is 1. The number of carbonyl (C=O) groups excluding carboxylic acids is 2. The zero-order chi connectivity index (χ0) is 21.3. The van der Waals surface area contributed by atoms with Gasteiger partial charge in [0.25, 0.3) is 0 Å². The van der Waals surface area contributed by atoms with Gasteiger partial charge in [-0.25, -0.2) is 0 Å². The number of ether oxygens (including phenoxy) is 1. The number of morpholine rings is 1. The molecule has 31 heavy (non-hydrogen) atoms. The molecule has 1 saturated heterocycles. The smallest absolute Gasteiger partial charge is 0.226 e. The Labute approximate surface area is 185 Å². The van der Waals surface area contributed by atoms with E-state index in [0.29, 0.717) is 13.0 Å². The number of rotatable bonds is 7. The number of nitrogens with zero attached hydrogens (tertiary/aromatic N) is 1. The monoisotopic (exact) mass is 425 g/mol. The molecule has 0 spiro atoms. The van der Waals surface area contributed by atoms with Crippen LogP contribution in [-0.2, 0) is 20.9 Å². The number of carbonyl (C=O) groups is 2. The molecule has 4 aliphatic carbocycles. The van der Waals surface area contributed by atoms with E-state index in [1.807, 2.05) is 24.3 Å². The Morgan fingerprint density at radius 1 is 1.03 bits per heavy atom. The Balaban J connectivity index is 1.12. The minimum Gasteiger partial charge on any atom is -0.379 e. The number of anilines is 1. The van der Waals surface area contributed by atoms with Crippen molar-refractivity contribution in [2.45, 2.75) is 51.5 Å². The Kier molecular flexibility index (Phi) is 6.02. The molecule has 2 amide bonds. The zero-order valence-electron chi connectivity index (χ0n) is 18.4. The molecule has 6 heteroatoms. The van der Waals surface area contributed by atoms with Crippen LogP contribution in [0, 0.1) is 23.2 Å². The first-order chi connectivity index (χ1) is 15.1. The highest BCUT2D eigenvalue weighted by molar-refractivity contribution is 5.91. The summed E-state index contributed by atoms with van der Waals surface area (Å²) in [5.74, 6) is 2.60. The molecule has 2 N–H and O–H groups in total. The van der Waals surface area contributed by atoms with Crippen molar-refractivity contribution in [3.8, 4) is 0 Å². The summed E-state index contributed by atoms with van der Waals surface area (Å²) in [6.45, 7) is 4.57. The lowest BCUT2D eigenvalue weighted by molar-refractivity contribution is -0.146. The van der Waals surface area contributed by atoms with Gasteiger partial charge in [-0.1, -0.05) is 12.1 Å². The second-order valence-electron chi connectivity index (χ2n) is 10.3. The molecule has 1 heterocycles. The molecule has 0 aromatic heterocycles. The minimum absolute atomic E-state index is 0.0289. The number of amides is 2. The SMILES string of the molecule is O=C(CCN1CCOCC1)Nc1cccc(CNC(=O)C23CC4CC(CC(C4)C2)C3)c1. The molecule has 1 aromatic rings. The summed E-state index contributed by atoms with van der Waals surface area (Å²) in [6.07, 6.45) is 7.78. The van der Waals surface area contributed by atoms with Crippen molar-refractivity contribution in [1.82, 2.24) is 10.2 Å². The highest BCUT2D eigenvalue weighted by atomic mass is 16.5. The van der Waals surface area contributed by atoms with Crippen molar-refractivity contribution in [1.29, 1.82) is 0 Å². The lowest BCUT2D eigenvalue weighted by Gasteiger charge is -2.55. The van der Waals surface area contributed by atoms with E-state index in [1.165, 1.54) is 19.3 Å². The molecule has 1 aromatic carbocycles. The Hall–Kier alpha value is -1.92. The largest absolute Gasteiger partial charge is 0.379 e. The molecule has 5 fully saturated rings. The van der Waals surface area contributed by atoms with Gasteiger partial charge in [0.15, 0.2) is 0 Å². The molecule has 168 valence electrons. The highest BCUT2D eigenvalue weighted by Crippen LogP contribution is 2.60. The van der Waals surface area contributed by atoms with Crippen molar-refractivity contribution >= 4 is 17.5 Å². The third kappa shape index (κ3) is 4.80. The normalized spacial score (nSPS) is 32.1. The average Bonchev–Trinajstić information content (AvgIpc) is 2.76. The number of nitrogens with one attached hydrogen (secondary N) is 2. The van der Waals surface area contributed by atoms with Gasteiger partial charge in [-0.05, 0) is 74.0 Å². The summed E-state index contributed by atoms with van der Waals surface area (Å²) >= 11 is 0. The van der Waals surface area contributed by atoms with Crippen molar-refractivity contribution in [2.75, 3.05) is 38.2 Å². The predicted molar refractivity (Wildman–Crippen MR) is 119 cm³/mol. The van der Waals surface area contributed by atoms with Gasteiger partial charge >= 0.3 is 0 Å². The number of hydrogen-bond donors (Lipinski definition) is 2. The molecule has 1 aliphatic heterocycles. The quantitative estimate of drug-likeness (QED) is 0.704. The van der Waals surface area contributed by atoms with Crippen LogP contribution in [0.25, 0.3) is 0 Å². The maximum Gasteiger partial charge on any atom is 0.226 e. The van der Waals surface area contributed by atoms with E-state index < -0.39 is 0 Å². The first kappa shape index (κ1) is 21.0. The van der Waals surface area contributed by atoms with Crippen LogP contribution in [0.3, 0.4) is 0 Å². The van der Waals surface area contributed by atoms with Crippen LogP contribution in [0.2, 0.25) is 0 Å². The van der Waals surface area contributed by atoms with E-state index in [2.05, 4.69) is 15.5 Å². The fourth-order valence-corrected chi connectivity index (χ4v) is 6.83. The van der Waals surface area contributed by atoms with E-state index in [1.54, 1.807) is 0 Å². The van der Waals surface area contributed by atoms with E-state index in [0.717, 1.165) is 81.1 Å². The molecule has 0 radical (unpaired) electrons. The number of hydrogen-bond acceptors (Lipinski definition) is 4. The molecule has 4 saturated carbocycles. The van der Waals surface area contributed by atoms with Gasteiger partial charge in [0.05, 0.1) is 13.2 Å². The predicted octanol–water partition coefficient (Wildman–Crippen LogP) is 3.18. The first-order valence-electron chi connectivity index (χ1n) is 12.1. The van der Waals surface area contributed by atoms with Crippen molar-refractivity contribution in [3.63, 3.8) is 0 Å². The summed E-state index contributed by atoms with van der Waals surface area (Å²) in [7, 11) is 0. The molecular weight excluding hydrogens is 390 g/mol. The summed E-state index contributed by atoms with van der Waals surface area (Å²) in [5.41, 5.74) is 1.72. The van der Waals surface area contributed by atoms with Gasteiger partial charge in [-0.2, -0.15) is 0 Å². The lowest BCUT2D eigenvalue weighted by Crippen LogP contribution is -2.53. The summed E-state index contributed by atoms with van der Waals surface area (Å²) < 4.78 is 5.35. The van der Waals surface area contributed by atoms with Crippen LogP contribution in [0.15, 0.2) is 24.3 Å².